The van der Waals surface area contributed by atoms with Gasteiger partial charge in [0.05, 0.1) is 25.4 Å². The van der Waals surface area contributed by atoms with Crippen LogP contribution in [0.5, 0.6) is 0 Å². The highest BCUT2D eigenvalue weighted by Gasteiger charge is 2.18. The summed E-state index contributed by atoms with van der Waals surface area (Å²) in [7, 11) is 0. The molecule has 0 aromatic heterocycles. The highest BCUT2D eigenvalue weighted by Crippen LogP contribution is 2.18. The van der Waals surface area contributed by atoms with Crippen LogP contribution in [-0.4, -0.2) is 47.4 Å². The van der Waals surface area contributed by atoms with E-state index in [1.54, 1.807) is 6.08 Å². The van der Waals surface area contributed by atoms with Gasteiger partial charge >= 0.3 is 5.97 Å². The lowest BCUT2D eigenvalue weighted by molar-refractivity contribution is -0.143. The smallest absolute Gasteiger partial charge is 0.305 e. The SMILES string of the molecule is CCC/C=C\C/C=C\CCCCCCCC(=O)OCCCCCCCCCCCCCCCCCCCCCCCCCCCCCCCCCC(=O)NC(CO)C(O)/C=C/CCCCCCCCCCCC. The number of aliphatic hydroxyl groups is 2. The largest absolute Gasteiger partial charge is 0.466 e. The number of nitrogens with one attached hydrogen (secondary N) is 1. The Morgan fingerprint density at radius 1 is 0.384 bits per heavy atom. The molecule has 2 atom stereocenters. The molecule has 0 radical (unpaired) electrons. The summed E-state index contributed by atoms with van der Waals surface area (Å²) in [6.45, 7) is 4.84. The second kappa shape index (κ2) is 62.6. The maximum absolute atomic E-state index is 12.4. The number of aliphatic hydroxyl groups excluding tert-OH is 2. The van der Waals surface area contributed by atoms with Crippen LogP contribution in [0, 0.1) is 0 Å². The van der Waals surface area contributed by atoms with E-state index in [2.05, 4.69) is 43.5 Å². The number of carbonyl (C=O) groups excluding carboxylic acids is 2. The third-order valence-corrected chi connectivity index (χ3v) is 15.1. The Balaban J connectivity index is 3.33. The first-order chi connectivity index (χ1) is 36.0. The van der Waals surface area contributed by atoms with Crippen molar-refractivity contribution in [2.45, 2.75) is 366 Å². The minimum Gasteiger partial charge on any atom is -0.466 e. The molecule has 73 heavy (non-hydrogen) atoms. The maximum atomic E-state index is 12.4. The van der Waals surface area contributed by atoms with Gasteiger partial charge in [-0.3, -0.25) is 9.59 Å². The van der Waals surface area contributed by atoms with Crippen LogP contribution < -0.4 is 5.32 Å². The molecular formula is C67H127NO5. The Hall–Kier alpha value is -1.92. The van der Waals surface area contributed by atoms with Gasteiger partial charge in [-0.1, -0.05) is 320 Å². The van der Waals surface area contributed by atoms with E-state index < -0.39 is 12.1 Å². The third kappa shape index (κ3) is 59.2. The minimum absolute atomic E-state index is 0.00492. The molecule has 0 bridgehead atoms. The van der Waals surface area contributed by atoms with Crippen LogP contribution in [0.2, 0.25) is 0 Å². The molecule has 0 aromatic carbocycles. The first kappa shape index (κ1) is 71.1. The highest BCUT2D eigenvalue weighted by atomic mass is 16.5. The molecule has 0 saturated carbocycles. The van der Waals surface area contributed by atoms with Crippen LogP contribution in [0.25, 0.3) is 0 Å². The van der Waals surface area contributed by atoms with Gasteiger partial charge in [0.1, 0.15) is 0 Å². The lowest BCUT2D eigenvalue weighted by Gasteiger charge is -2.20. The fourth-order valence-electron chi connectivity index (χ4n) is 10.1. The first-order valence-corrected chi connectivity index (χ1v) is 32.8. The predicted molar refractivity (Wildman–Crippen MR) is 319 cm³/mol. The summed E-state index contributed by atoms with van der Waals surface area (Å²) < 4.78 is 5.47. The number of hydrogen-bond acceptors (Lipinski definition) is 5. The van der Waals surface area contributed by atoms with Crippen LogP contribution in [0.15, 0.2) is 36.5 Å². The number of amides is 1. The molecule has 0 rings (SSSR count). The van der Waals surface area contributed by atoms with Crippen molar-refractivity contribution in [2.24, 2.45) is 0 Å². The van der Waals surface area contributed by atoms with E-state index >= 15 is 0 Å². The lowest BCUT2D eigenvalue weighted by atomic mass is 10.0. The zero-order valence-corrected chi connectivity index (χ0v) is 49.1. The second-order valence-electron chi connectivity index (χ2n) is 22.5. The van der Waals surface area contributed by atoms with Crippen molar-refractivity contribution >= 4 is 11.9 Å². The van der Waals surface area contributed by atoms with Gasteiger partial charge in [0, 0.05) is 12.8 Å². The molecular weight excluding hydrogens is 899 g/mol. The molecule has 0 aliphatic heterocycles. The summed E-state index contributed by atoms with van der Waals surface area (Å²) in [6, 6.07) is -0.623. The summed E-state index contributed by atoms with van der Waals surface area (Å²) >= 11 is 0. The second-order valence-corrected chi connectivity index (χ2v) is 22.5. The van der Waals surface area contributed by atoms with Gasteiger partial charge in [-0.25, -0.2) is 0 Å². The van der Waals surface area contributed by atoms with E-state index in [9.17, 15) is 19.8 Å². The molecule has 430 valence electrons. The van der Waals surface area contributed by atoms with Crippen molar-refractivity contribution in [3.63, 3.8) is 0 Å². The minimum atomic E-state index is -0.840. The molecule has 1 amide bonds. The molecule has 0 aliphatic rings. The molecule has 6 nitrogen and oxygen atoms in total. The molecule has 6 heteroatoms. The number of rotatable bonds is 61. The number of unbranched alkanes of at least 4 members (excludes halogenated alkanes) is 46. The van der Waals surface area contributed by atoms with E-state index in [1.165, 1.54) is 276 Å². The maximum Gasteiger partial charge on any atom is 0.305 e. The third-order valence-electron chi connectivity index (χ3n) is 15.1. The van der Waals surface area contributed by atoms with Crippen molar-refractivity contribution in [3.8, 4) is 0 Å². The molecule has 0 heterocycles. The molecule has 0 aromatic rings. The number of hydrogen-bond donors (Lipinski definition) is 3. The van der Waals surface area contributed by atoms with E-state index in [4.69, 9.17) is 4.74 Å². The van der Waals surface area contributed by atoms with Gasteiger partial charge in [0.25, 0.3) is 0 Å². The molecule has 0 spiro atoms. The van der Waals surface area contributed by atoms with Gasteiger partial charge in [-0.2, -0.15) is 0 Å². The number of esters is 1. The van der Waals surface area contributed by atoms with Crippen molar-refractivity contribution in [1.82, 2.24) is 5.32 Å². The van der Waals surface area contributed by atoms with Crippen LogP contribution in [-0.2, 0) is 14.3 Å². The zero-order chi connectivity index (χ0) is 52.9. The van der Waals surface area contributed by atoms with E-state index in [1.807, 2.05) is 6.08 Å². The molecule has 3 N–H and O–H groups in total. The number of carbonyl (C=O) groups is 2. The average Bonchev–Trinajstić information content (AvgIpc) is 3.39. The summed E-state index contributed by atoms with van der Waals surface area (Å²) in [5.74, 6) is -0.0586. The molecule has 0 saturated heterocycles. The number of allylic oxidation sites excluding steroid dienone is 5. The average molecular weight is 1030 g/mol. The Morgan fingerprint density at radius 2 is 0.712 bits per heavy atom. The fourth-order valence-corrected chi connectivity index (χ4v) is 10.1. The van der Waals surface area contributed by atoms with Crippen LogP contribution in [0.4, 0.5) is 0 Å². The summed E-state index contributed by atoms with van der Waals surface area (Å²) in [5, 5.41) is 23.1. The topological polar surface area (TPSA) is 95.9 Å². The van der Waals surface area contributed by atoms with Gasteiger partial charge in [0.15, 0.2) is 0 Å². The van der Waals surface area contributed by atoms with Gasteiger partial charge in [-0.05, 0) is 57.8 Å². The van der Waals surface area contributed by atoms with Crippen LogP contribution >= 0.6 is 0 Å². The standard InChI is InChI=1S/C67H127NO5/c1-3-5-7-9-11-13-15-36-41-45-49-53-57-61-67(72)73-62-58-54-50-46-42-38-35-33-31-29-27-25-23-21-19-17-18-20-22-24-26-28-30-32-34-37-40-44-48-52-56-60-66(71)68-64(63-69)65(70)59-55-51-47-43-39-16-14-12-10-8-6-4-2/h7,9,13,15,55,59,64-65,69-70H,3-6,8,10-12,14,16-54,56-58,60-63H2,1-2H3,(H,68,71)/b9-7-,15-13-,59-55+. The first-order valence-electron chi connectivity index (χ1n) is 32.8. The Kier molecular flexibility index (Phi) is 61.0. The van der Waals surface area contributed by atoms with Crippen LogP contribution in [0.1, 0.15) is 354 Å². The van der Waals surface area contributed by atoms with E-state index in [0.717, 1.165) is 51.4 Å². The molecule has 0 fully saturated rings. The van der Waals surface area contributed by atoms with E-state index in [-0.39, 0.29) is 18.5 Å². The molecule has 2 unspecified atom stereocenters. The summed E-state index contributed by atoms with van der Waals surface area (Å²) in [6.07, 6.45) is 79.3. The quantitative estimate of drug-likeness (QED) is 0.0320. The lowest BCUT2D eigenvalue weighted by Crippen LogP contribution is -2.45. The molecule has 0 aliphatic carbocycles. The predicted octanol–water partition coefficient (Wildman–Crippen LogP) is 20.8. The van der Waals surface area contributed by atoms with Crippen molar-refractivity contribution < 1.29 is 24.5 Å². The Bertz CT molecular complexity index is 1180. The van der Waals surface area contributed by atoms with Crippen molar-refractivity contribution in [1.29, 1.82) is 0 Å². The summed E-state index contributed by atoms with van der Waals surface area (Å²) in [5.41, 5.74) is 0. The Morgan fingerprint density at radius 3 is 1.10 bits per heavy atom. The monoisotopic (exact) mass is 1030 g/mol. The zero-order valence-electron chi connectivity index (χ0n) is 49.1. The van der Waals surface area contributed by atoms with Crippen LogP contribution in [0.3, 0.4) is 0 Å². The Labute approximate surface area is 455 Å². The normalized spacial score (nSPS) is 12.8. The van der Waals surface area contributed by atoms with Crippen molar-refractivity contribution in [2.75, 3.05) is 13.2 Å². The van der Waals surface area contributed by atoms with Gasteiger partial charge in [0.2, 0.25) is 5.91 Å². The van der Waals surface area contributed by atoms with Crippen molar-refractivity contribution in [3.05, 3.63) is 36.5 Å². The fraction of sp³-hybridized carbons (Fsp3) is 0.881. The number of ether oxygens (including phenoxy) is 1. The highest BCUT2D eigenvalue weighted by molar-refractivity contribution is 5.76. The van der Waals surface area contributed by atoms with Gasteiger partial charge in [-0.15, -0.1) is 0 Å². The van der Waals surface area contributed by atoms with E-state index in [0.29, 0.717) is 19.4 Å². The summed E-state index contributed by atoms with van der Waals surface area (Å²) in [4.78, 5) is 24.5. The van der Waals surface area contributed by atoms with Gasteiger partial charge < -0.3 is 20.3 Å².